The number of nitrogens with zero attached hydrogens (tertiary/aromatic N) is 2. The highest BCUT2D eigenvalue weighted by Gasteiger charge is 2.35. The largest absolute Gasteiger partial charge is 0.495 e. The highest BCUT2D eigenvalue weighted by Crippen LogP contribution is 2.32. The molecule has 0 unspecified atom stereocenters. The van der Waals surface area contributed by atoms with E-state index in [4.69, 9.17) is 4.74 Å². The number of hydrogen-bond donors (Lipinski definition) is 3. The molecule has 0 radical (unpaired) electrons. The molecule has 1 aromatic heterocycles. The number of H-pyrrole nitrogens is 1. The van der Waals surface area contributed by atoms with Gasteiger partial charge >= 0.3 is 0 Å². The van der Waals surface area contributed by atoms with Crippen LogP contribution in [0.25, 0.3) is 0 Å². The maximum Gasteiger partial charge on any atom is 0.258 e. The van der Waals surface area contributed by atoms with Crippen molar-refractivity contribution < 1.29 is 14.3 Å². The average molecular weight is 397 g/mol. The molecule has 2 amide bonds. The highest BCUT2D eigenvalue weighted by atomic mass is 16.5. The zero-order chi connectivity index (χ0) is 20.4. The Kier molecular flexibility index (Phi) is 5.20. The molecule has 0 aliphatic carbocycles. The van der Waals surface area contributed by atoms with Crippen LogP contribution >= 0.6 is 0 Å². The fraction of sp³-hybridized carbons (Fsp3) is 0.400. The number of aromatic amines is 1. The van der Waals surface area contributed by atoms with Gasteiger partial charge in [-0.15, -0.1) is 0 Å². The van der Waals surface area contributed by atoms with Gasteiger partial charge in [-0.3, -0.25) is 19.4 Å². The zero-order valence-corrected chi connectivity index (χ0v) is 16.2. The maximum absolute atomic E-state index is 12.9. The Labute approximate surface area is 167 Å². The van der Waals surface area contributed by atoms with Crippen LogP contribution < -0.4 is 25.8 Å². The van der Waals surface area contributed by atoms with E-state index in [1.54, 1.807) is 24.3 Å². The van der Waals surface area contributed by atoms with Crippen LogP contribution in [0.15, 0.2) is 29.1 Å². The fourth-order valence-corrected chi connectivity index (χ4v) is 3.81. The number of rotatable bonds is 4. The average Bonchev–Trinajstić information content (AvgIpc) is 2.73. The van der Waals surface area contributed by atoms with E-state index >= 15 is 0 Å². The molecule has 0 bridgehead atoms. The lowest BCUT2D eigenvalue weighted by Crippen LogP contribution is -2.38. The van der Waals surface area contributed by atoms with Crippen LogP contribution in [0.3, 0.4) is 0 Å². The Morgan fingerprint density at radius 1 is 1.21 bits per heavy atom. The fourth-order valence-electron chi connectivity index (χ4n) is 3.81. The molecule has 1 saturated heterocycles. The van der Waals surface area contributed by atoms with Gasteiger partial charge in [-0.2, -0.15) is 4.98 Å². The first-order chi connectivity index (χ1) is 14.1. The van der Waals surface area contributed by atoms with Crippen LogP contribution in [0.5, 0.6) is 5.75 Å². The molecule has 4 rings (SSSR count). The summed E-state index contributed by atoms with van der Waals surface area (Å²) in [5.41, 5.74) is 0.246. The van der Waals surface area contributed by atoms with E-state index in [0.717, 1.165) is 32.4 Å². The molecule has 152 valence electrons. The van der Waals surface area contributed by atoms with Gasteiger partial charge in [0, 0.05) is 19.5 Å². The van der Waals surface area contributed by atoms with Gasteiger partial charge in [-0.25, -0.2) is 0 Å². The topological polar surface area (TPSA) is 116 Å². The van der Waals surface area contributed by atoms with Crippen molar-refractivity contribution in [1.82, 2.24) is 9.97 Å². The molecular weight excluding hydrogens is 374 g/mol. The number of carbonyl (C=O) groups excluding carboxylic acids is 2. The molecule has 3 heterocycles. The van der Waals surface area contributed by atoms with Gasteiger partial charge < -0.3 is 20.3 Å². The molecule has 2 aromatic rings. The second-order valence-corrected chi connectivity index (χ2v) is 7.19. The number of nitrogens with one attached hydrogen (secondary N) is 3. The van der Waals surface area contributed by atoms with E-state index < -0.39 is 17.4 Å². The van der Waals surface area contributed by atoms with Gasteiger partial charge in [0.05, 0.1) is 24.3 Å². The molecule has 1 aromatic carbocycles. The SMILES string of the molecule is COc1ccccc1NC(=O)[C@H]1CC(=O)Nc2nc(N3CCCCC3)[nH]c(=O)c21. The first-order valence-corrected chi connectivity index (χ1v) is 9.69. The van der Waals surface area contributed by atoms with Gasteiger partial charge in [0.15, 0.2) is 0 Å². The van der Waals surface area contributed by atoms with Gasteiger partial charge in [0.1, 0.15) is 11.6 Å². The number of fused-ring (bicyclic) bond motifs is 1. The number of methoxy groups -OCH3 is 1. The minimum atomic E-state index is -0.935. The second-order valence-electron chi connectivity index (χ2n) is 7.19. The number of benzene rings is 1. The monoisotopic (exact) mass is 397 g/mol. The number of para-hydroxylation sites is 2. The third-order valence-corrected chi connectivity index (χ3v) is 5.28. The van der Waals surface area contributed by atoms with Crippen LogP contribution in [0, 0.1) is 0 Å². The van der Waals surface area contributed by atoms with Crippen molar-refractivity contribution in [1.29, 1.82) is 0 Å². The van der Waals surface area contributed by atoms with E-state index in [1.165, 1.54) is 7.11 Å². The molecule has 29 heavy (non-hydrogen) atoms. The van der Waals surface area contributed by atoms with Crippen LogP contribution in [0.2, 0.25) is 0 Å². The third-order valence-electron chi connectivity index (χ3n) is 5.28. The van der Waals surface area contributed by atoms with Crippen LogP contribution in [0.1, 0.15) is 37.2 Å². The number of carbonyl (C=O) groups is 2. The van der Waals surface area contributed by atoms with Crippen molar-refractivity contribution in [2.75, 3.05) is 35.7 Å². The summed E-state index contributed by atoms with van der Waals surface area (Å²) in [6.07, 6.45) is 3.07. The van der Waals surface area contributed by atoms with Gasteiger partial charge in [0.25, 0.3) is 5.56 Å². The molecule has 9 nitrogen and oxygen atoms in total. The number of anilines is 3. The molecule has 3 N–H and O–H groups in total. The predicted molar refractivity (Wildman–Crippen MR) is 109 cm³/mol. The van der Waals surface area contributed by atoms with E-state index in [-0.39, 0.29) is 23.7 Å². The zero-order valence-electron chi connectivity index (χ0n) is 16.2. The first-order valence-electron chi connectivity index (χ1n) is 9.69. The molecule has 2 aliphatic rings. The lowest BCUT2D eigenvalue weighted by Gasteiger charge is -2.29. The lowest BCUT2D eigenvalue weighted by atomic mass is 9.92. The van der Waals surface area contributed by atoms with Crippen LogP contribution in [0.4, 0.5) is 17.5 Å². The summed E-state index contributed by atoms with van der Waals surface area (Å²) in [6, 6.07) is 6.96. The first kappa shape index (κ1) is 19.0. The molecular formula is C20H23N5O4. The summed E-state index contributed by atoms with van der Waals surface area (Å²) in [5, 5.41) is 5.41. The van der Waals surface area contributed by atoms with E-state index in [0.29, 0.717) is 17.4 Å². The minimum Gasteiger partial charge on any atom is -0.495 e. The summed E-state index contributed by atoms with van der Waals surface area (Å²) in [7, 11) is 1.51. The minimum absolute atomic E-state index is 0.123. The van der Waals surface area contributed by atoms with Crippen LogP contribution in [-0.4, -0.2) is 42.0 Å². The van der Waals surface area contributed by atoms with Crippen molar-refractivity contribution in [3.05, 3.63) is 40.2 Å². The summed E-state index contributed by atoms with van der Waals surface area (Å²) in [4.78, 5) is 47.3. The Morgan fingerprint density at radius 2 is 1.97 bits per heavy atom. The second kappa shape index (κ2) is 7.94. The molecule has 2 aliphatic heterocycles. The summed E-state index contributed by atoms with van der Waals surface area (Å²) >= 11 is 0. The lowest BCUT2D eigenvalue weighted by molar-refractivity contribution is -0.123. The Bertz CT molecular complexity index is 997. The molecule has 1 atom stereocenters. The number of amides is 2. The molecule has 1 fully saturated rings. The summed E-state index contributed by atoms with van der Waals surface area (Å²) in [6.45, 7) is 1.60. The summed E-state index contributed by atoms with van der Waals surface area (Å²) in [5.74, 6) is -0.654. The Morgan fingerprint density at radius 3 is 2.72 bits per heavy atom. The normalized spacial score (nSPS) is 18.6. The smallest absolute Gasteiger partial charge is 0.258 e. The highest BCUT2D eigenvalue weighted by molar-refractivity contribution is 6.04. The predicted octanol–water partition coefficient (Wildman–Crippen LogP) is 1.83. The van der Waals surface area contributed by atoms with E-state index in [1.807, 2.05) is 4.90 Å². The number of ether oxygens (including phenoxy) is 1. The third kappa shape index (κ3) is 3.80. The van der Waals surface area contributed by atoms with Gasteiger partial charge in [-0.1, -0.05) is 12.1 Å². The standard InChI is InChI=1S/C20H23N5O4/c1-29-14-8-4-3-7-13(14)21-18(27)12-11-15(26)22-17-16(12)19(28)24-20(23-17)25-9-5-2-6-10-25/h3-4,7-8,12H,2,5-6,9-11H2,1H3,(H,21,27)(H2,22,23,24,26,28)/t12-/m0/s1. The van der Waals surface area contributed by atoms with Crippen LogP contribution in [-0.2, 0) is 9.59 Å². The molecule has 0 saturated carbocycles. The molecule has 9 heteroatoms. The van der Waals surface area contributed by atoms with Crippen molar-refractivity contribution in [2.24, 2.45) is 0 Å². The Hall–Kier alpha value is -3.36. The van der Waals surface area contributed by atoms with Crippen molar-refractivity contribution in [3.8, 4) is 5.75 Å². The number of hydrogen-bond acceptors (Lipinski definition) is 6. The Balaban J connectivity index is 1.65. The van der Waals surface area contributed by atoms with Crippen molar-refractivity contribution in [2.45, 2.75) is 31.6 Å². The maximum atomic E-state index is 12.9. The van der Waals surface area contributed by atoms with Crippen molar-refractivity contribution in [3.63, 3.8) is 0 Å². The molecule has 0 spiro atoms. The summed E-state index contributed by atoms with van der Waals surface area (Å²) < 4.78 is 5.25. The number of aromatic nitrogens is 2. The van der Waals surface area contributed by atoms with Gasteiger partial charge in [-0.05, 0) is 31.4 Å². The van der Waals surface area contributed by atoms with Gasteiger partial charge in [0.2, 0.25) is 17.8 Å². The number of piperidine rings is 1. The quantitative estimate of drug-likeness (QED) is 0.725. The van der Waals surface area contributed by atoms with Crippen molar-refractivity contribution >= 4 is 29.3 Å². The van der Waals surface area contributed by atoms with E-state index in [2.05, 4.69) is 20.6 Å². The van der Waals surface area contributed by atoms with E-state index in [9.17, 15) is 14.4 Å².